The lowest BCUT2D eigenvalue weighted by molar-refractivity contribution is -0.125. The number of ether oxygens (including phenoxy) is 3. The zero-order valence-corrected chi connectivity index (χ0v) is 24.6. The molecule has 10 nitrogen and oxygen atoms in total. The molecule has 1 aromatic heterocycles. The molecule has 1 unspecified atom stereocenters. The highest BCUT2D eigenvalue weighted by Crippen LogP contribution is 2.39. The highest BCUT2D eigenvalue weighted by atomic mass is 19.3. The molecule has 2 heterocycles. The summed E-state index contributed by atoms with van der Waals surface area (Å²) in [5, 5.41) is 2.83. The minimum Gasteiger partial charge on any atom is -0.489 e. The van der Waals surface area contributed by atoms with E-state index in [2.05, 4.69) is 15.0 Å². The normalized spacial score (nSPS) is 18.5. The van der Waals surface area contributed by atoms with Crippen LogP contribution < -0.4 is 14.8 Å². The molecule has 2 aromatic rings. The largest absolute Gasteiger partial charge is 0.489 e. The summed E-state index contributed by atoms with van der Waals surface area (Å²) in [6, 6.07) is 8.86. The van der Waals surface area contributed by atoms with Crippen molar-refractivity contribution in [1.29, 1.82) is 0 Å². The van der Waals surface area contributed by atoms with Crippen molar-refractivity contribution in [3.8, 4) is 11.5 Å². The summed E-state index contributed by atoms with van der Waals surface area (Å²) in [6.45, 7) is 2.85. The van der Waals surface area contributed by atoms with Crippen LogP contribution in [0.4, 0.5) is 13.6 Å². The van der Waals surface area contributed by atoms with Gasteiger partial charge in [0.2, 0.25) is 5.91 Å². The van der Waals surface area contributed by atoms with Crippen molar-refractivity contribution in [2.24, 2.45) is 5.92 Å². The third kappa shape index (κ3) is 8.29. The first-order valence-electron chi connectivity index (χ1n) is 14.0. The van der Waals surface area contributed by atoms with Gasteiger partial charge in [-0.2, -0.15) is 8.78 Å². The SMILES string of the molecule is CN(C)C(=O)c1cccc(CNC(=O)[C@H]2CC(c3ccc(OC(F)F)c(OCC4CC4)c3)CN2C(=O)OC(C)(C)C)n1. The summed E-state index contributed by atoms with van der Waals surface area (Å²) < 4.78 is 42.1. The van der Waals surface area contributed by atoms with Crippen molar-refractivity contribution in [3.63, 3.8) is 0 Å². The number of nitrogens with zero attached hydrogens (tertiary/aromatic N) is 3. The quantitative estimate of drug-likeness (QED) is 0.433. The van der Waals surface area contributed by atoms with Gasteiger partial charge in [-0.1, -0.05) is 12.1 Å². The van der Waals surface area contributed by atoms with Crippen molar-refractivity contribution in [2.45, 2.75) is 70.8 Å². The molecule has 2 aliphatic rings. The Morgan fingerprint density at radius 3 is 2.50 bits per heavy atom. The molecular weight excluding hydrogens is 550 g/mol. The number of carbonyl (C=O) groups is 3. The lowest BCUT2D eigenvalue weighted by Crippen LogP contribution is -2.47. The van der Waals surface area contributed by atoms with E-state index < -0.39 is 30.3 Å². The van der Waals surface area contributed by atoms with Crippen LogP contribution in [0, 0.1) is 5.92 Å². The molecule has 0 radical (unpaired) electrons. The van der Waals surface area contributed by atoms with Gasteiger partial charge in [0.05, 0.1) is 18.8 Å². The van der Waals surface area contributed by atoms with E-state index in [1.165, 1.54) is 15.9 Å². The maximum Gasteiger partial charge on any atom is 0.410 e. The van der Waals surface area contributed by atoms with Crippen LogP contribution in [-0.2, 0) is 16.1 Å². The number of hydrogen-bond acceptors (Lipinski definition) is 7. The van der Waals surface area contributed by atoms with Crippen LogP contribution in [0.5, 0.6) is 11.5 Å². The summed E-state index contributed by atoms with van der Waals surface area (Å²) in [5.41, 5.74) is 0.684. The zero-order valence-electron chi connectivity index (χ0n) is 24.6. The highest BCUT2D eigenvalue weighted by Gasteiger charge is 2.42. The Kier molecular flexibility index (Phi) is 9.53. The average molecular weight is 589 g/mol. The van der Waals surface area contributed by atoms with Crippen LogP contribution in [0.3, 0.4) is 0 Å². The van der Waals surface area contributed by atoms with Crippen LogP contribution >= 0.6 is 0 Å². The van der Waals surface area contributed by atoms with Crippen LogP contribution in [-0.4, -0.2) is 78.2 Å². The Balaban J connectivity index is 1.52. The molecule has 4 rings (SSSR count). The van der Waals surface area contributed by atoms with Gasteiger partial charge in [-0.3, -0.25) is 14.5 Å². The van der Waals surface area contributed by atoms with E-state index >= 15 is 0 Å². The Hall–Kier alpha value is -3.96. The summed E-state index contributed by atoms with van der Waals surface area (Å²) in [6.07, 6.45) is 1.70. The van der Waals surface area contributed by atoms with E-state index in [0.717, 1.165) is 18.4 Å². The lowest BCUT2D eigenvalue weighted by atomic mass is 9.95. The van der Waals surface area contributed by atoms with Gasteiger partial charge in [0.25, 0.3) is 5.91 Å². The predicted molar refractivity (Wildman–Crippen MR) is 149 cm³/mol. The number of amides is 3. The first kappa shape index (κ1) is 31.0. The molecule has 1 saturated heterocycles. The molecule has 1 N–H and O–H groups in total. The number of rotatable bonds is 10. The van der Waals surface area contributed by atoms with Crippen molar-refractivity contribution in [2.75, 3.05) is 27.2 Å². The van der Waals surface area contributed by atoms with Gasteiger partial charge in [0, 0.05) is 26.6 Å². The molecule has 12 heteroatoms. The van der Waals surface area contributed by atoms with E-state index in [1.807, 2.05) is 0 Å². The maximum absolute atomic E-state index is 13.4. The standard InChI is InChI=1S/C30H38F2N4O6/c1-30(2,3)42-29(39)36-16-20(19-11-12-24(41-28(31)32)25(14-19)40-17-18-9-10-18)13-23(36)26(37)33-15-21-7-6-8-22(34-21)27(38)35(4)5/h6-8,11-12,14,18,20,23,28H,9-10,13,15-17H2,1-5H3,(H,33,37)/t20?,23-/m1/s1. The molecule has 1 saturated carbocycles. The van der Waals surface area contributed by atoms with Gasteiger partial charge in [0.1, 0.15) is 17.3 Å². The second-order valence-corrected chi connectivity index (χ2v) is 11.9. The minimum absolute atomic E-state index is 0.0511. The van der Waals surface area contributed by atoms with Crippen LogP contribution in [0.15, 0.2) is 36.4 Å². The average Bonchev–Trinajstić information content (AvgIpc) is 3.64. The molecule has 228 valence electrons. The lowest BCUT2D eigenvalue weighted by Gasteiger charge is -2.28. The Bertz CT molecular complexity index is 1290. The predicted octanol–water partition coefficient (Wildman–Crippen LogP) is 4.58. The number of halogens is 2. The Labute approximate surface area is 244 Å². The summed E-state index contributed by atoms with van der Waals surface area (Å²) in [4.78, 5) is 46.0. The van der Waals surface area contributed by atoms with Crippen LogP contribution in [0.25, 0.3) is 0 Å². The molecule has 42 heavy (non-hydrogen) atoms. The number of aromatic nitrogens is 1. The molecule has 0 spiro atoms. The van der Waals surface area contributed by atoms with Gasteiger partial charge in [-0.05, 0) is 75.8 Å². The fraction of sp³-hybridized carbons (Fsp3) is 0.533. The topological polar surface area (TPSA) is 110 Å². The molecule has 0 bridgehead atoms. The second-order valence-electron chi connectivity index (χ2n) is 11.9. The number of pyridine rings is 1. The Morgan fingerprint density at radius 1 is 1.12 bits per heavy atom. The third-order valence-electron chi connectivity index (χ3n) is 6.93. The zero-order chi connectivity index (χ0) is 30.6. The molecule has 2 atom stereocenters. The second kappa shape index (κ2) is 12.9. The number of nitrogens with one attached hydrogen (secondary N) is 1. The molecule has 2 fully saturated rings. The van der Waals surface area contributed by atoms with Crippen LogP contribution in [0.1, 0.15) is 67.7 Å². The van der Waals surface area contributed by atoms with Gasteiger partial charge in [-0.15, -0.1) is 0 Å². The van der Waals surface area contributed by atoms with Gasteiger partial charge in [0.15, 0.2) is 11.5 Å². The van der Waals surface area contributed by atoms with E-state index in [-0.39, 0.29) is 48.5 Å². The van der Waals surface area contributed by atoms with E-state index in [9.17, 15) is 23.2 Å². The summed E-state index contributed by atoms with van der Waals surface area (Å²) >= 11 is 0. The van der Waals surface area contributed by atoms with E-state index in [4.69, 9.17) is 9.47 Å². The Morgan fingerprint density at radius 2 is 1.86 bits per heavy atom. The summed E-state index contributed by atoms with van der Waals surface area (Å²) in [7, 11) is 3.25. The van der Waals surface area contributed by atoms with Crippen molar-refractivity contribution in [3.05, 3.63) is 53.3 Å². The smallest absolute Gasteiger partial charge is 0.410 e. The third-order valence-corrected chi connectivity index (χ3v) is 6.93. The van der Waals surface area contributed by atoms with Gasteiger partial charge in [-0.25, -0.2) is 9.78 Å². The fourth-order valence-electron chi connectivity index (χ4n) is 4.65. The number of hydrogen-bond donors (Lipinski definition) is 1. The van der Waals surface area contributed by atoms with Crippen LogP contribution in [0.2, 0.25) is 0 Å². The van der Waals surface area contributed by atoms with E-state index in [0.29, 0.717) is 18.2 Å². The van der Waals surface area contributed by atoms with Gasteiger partial charge >= 0.3 is 12.7 Å². The number of alkyl halides is 2. The number of likely N-dealkylation sites (tertiary alicyclic amines) is 1. The molecule has 1 aliphatic heterocycles. The number of carbonyl (C=O) groups excluding carboxylic acids is 3. The monoisotopic (exact) mass is 588 g/mol. The molecule has 1 aromatic carbocycles. The minimum atomic E-state index is -3.00. The molecular formula is C30H38F2N4O6. The van der Waals surface area contributed by atoms with Crippen molar-refractivity contribution >= 4 is 17.9 Å². The highest BCUT2D eigenvalue weighted by molar-refractivity contribution is 5.92. The first-order chi connectivity index (χ1) is 19.8. The summed E-state index contributed by atoms with van der Waals surface area (Å²) in [5.74, 6) is -0.425. The molecule has 1 aliphatic carbocycles. The van der Waals surface area contributed by atoms with Crippen molar-refractivity contribution in [1.82, 2.24) is 20.1 Å². The van der Waals surface area contributed by atoms with Gasteiger partial charge < -0.3 is 24.4 Å². The van der Waals surface area contributed by atoms with E-state index in [1.54, 1.807) is 65.2 Å². The number of benzene rings is 1. The maximum atomic E-state index is 13.4. The van der Waals surface area contributed by atoms with Crippen molar-refractivity contribution < 1.29 is 37.4 Å². The fourth-order valence-corrected chi connectivity index (χ4v) is 4.65. The molecule has 3 amide bonds. The first-order valence-corrected chi connectivity index (χ1v) is 14.0.